The van der Waals surface area contributed by atoms with Gasteiger partial charge in [0, 0.05) is 17.7 Å². The molecule has 2 aromatic rings. The number of rotatable bonds is 3. The number of benzene rings is 1. The Labute approximate surface area is 157 Å². The number of Topliss-reactive ketones (excluding diaryl/α,β-unsaturated/α-hetero) is 1. The van der Waals surface area contributed by atoms with Gasteiger partial charge in [0.1, 0.15) is 12.1 Å². The molecular weight excluding hydrogens is 340 g/mol. The fraction of sp³-hybridized carbons (Fsp3) is 0.300. The number of hydrogen-bond donors (Lipinski definition) is 2. The molecule has 7 nitrogen and oxygen atoms in total. The number of H-pyrrole nitrogens is 1. The molecule has 3 N–H and O–H groups in total. The lowest BCUT2D eigenvalue weighted by molar-refractivity contribution is -0.116. The number of carbonyl (C=O) groups is 1. The number of carbonyl (C=O) groups excluding carboxylic acids is 1. The van der Waals surface area contributed by atoms with Crippen molar-refractivity contribution < 1.29 is 4.79 Å². The molecule has 2 aliphatic rings. The van der Waals surface area contributed by atoms with Gasteiger partial charge in [0.15, 0.2) is 5.78 Å². The number of anilines is 1. The van der Waals surface area contributed by atoms with Crippen molar-refractivity contribution in [1.82, 2.24) is 15.2 Å². The largest absolute Gasteiger partial charge is 0.384 e. The predicted octanol–water partition coefficient (Wildman–Crippen LogP) is 2.67. The van der Waals surface area contributed by atoms with Gasteiger partial charge in [-0.25, -0.2) is 5.10 Å². The monoisotopic (exact) mass is 360 g/mol. The SMILES string of the molecule is CCc1ccc(C2C(C#N)=C(N)N(c3ncn[nH]3)C3=C2C(=O)CCC3)cc1. The topological polar surface area (TPSA) is 112 Å². The standard InChI is InChI=1S/C20H20N6O/c1-2-12-6-8-13(9-7-12)17-14(10-21)19(22)26(20-23-11-24-25-20)15-4-3-5-16(27)18(15)17/h6-9,11,17H,2-5,22H2,1H3,(H,23,24,25). The van der Waals surface area contributed by atoms with Crippen LogP contribution in [0, 0.1) is 11.3 Å². The number of aromatic nitrogens is 3. The van der Waals surface area contributed by atoms with Crippen LogP contribution in [0.15, 0.2) is 53.3 Å². The lowest BCUT2D eigenvalue weighted by Gasteiger charge is -2.38. The smallest absolute Gasteiger partial charge is 0.231 e. The number of nitrogens with zero attached hydrogens (tertiary/aromatic N) is 4. The third kappa shape index (κ3) is 2.70. The number of nitrogens with one attached hydrogen (secondary N) is 1. The zero-order valence-electron chi connectivity index (χ0n) is 15.1. The Hall–Kier alpha value is -3.40. The third-order valence-electron chi connectivity index (χ3n) is 5.25. The zero-order valence-corrected chi connectivity index (χ0v) is 15.1. The molecule has 0 radical (unpaired) electrons. The number of allylic oxidation sites excluding steroid dienone is 3. The van der Waals surface area contributed by atoms with Crippen molar-refractivity contribution in [2.24, 2.45) is 5.73 Å². The van der Waals surface area contributed by atoms with Crippen LogP contribution in [0.3, 0.4) is 0 Å². The second kappa shape index (κ2) is 6.72. The molecule has 1 aromatic carbocycles. The van der Waals surface area contributed by atoms with Gasteiger partial charge in [-0.2, -0.15) is 15.3 Å². The Kier molecular flexibility index (Phi) is 4.24. The van der Waals surface area contributed by atoms with Crippen LogP contribution in [0.5, 0.6) is 0 Å². The first-order valence-corrected chi connectivity index (χ1v) is 9.06. The van der Waals surface area contributed by atoms with Crippen molar-refractivity contribution >= 4 is 11.7 Å². The number of ketones is 1. The summed E-state index contributed by atoms with van der Waals surface area (Å²) in [5.74, 6) is 0.336. The molecule has 7 heteroatoms. The lowest BCUT2D eigenvalue weighted by Crippen LogP contribution is -2.39. The zero-order chi connectivity index (χ0) is 19.0. The van der Waals surface area contributed by atoms with Crippen LogP contribution in [0.2, 0.25) is 0 Å². The van der Waals surface area contributed by atoms with Gasteiger partial charge in [0.2, 0.25) is 5.95 Å². The molecule has 2 heterocycles. The Morgan fingerprint density at radius 3 is 2.74 bits per heavy atom. The maximum atomic E-state index is 12.9. The number of aryl methyl sites for hydroxylation is 1. The van der Waals surface area contributed by atoms with Gasteiger partial charge in [-0.05, 0) is 30.4 Å². The molecule has 27 heavy (non-hydrogen) atoms. The van der Waals surface area contributed by atoms with Crippen LogP contribution in [-0.2, 0) is 11.2 Å². The van der Waals surface area contributed by atoms with Crippen molar-refractivity contribution in [3.63, 3.8) is 0 Å². The molecule has 136 valence electrons. The molecule has 1 atom stereocenters. The van der Waals surface area contributed by atoms with Crippen molar-refractivity contribution in [2.75, 3.05) is 4.90 Å². The van der Waals surface area contributed by atoms with E-state index in [1.54, 1.807) is 4.90 Å². The fourth-order valence-electron chi connectivity index (χ4n) is 3.91. The maximum absolute atomic E-state index is 12.9. The molecular formula is C20H20N6O. The van der Waals surface area contributed by atoms with E-state index in [1.807, 2.05) is 24.3 Å². The number of hydrogen-bond acceptors (Lipinski definition) is 6. The summed E-state index contributed by atoms with van der Waals surface area (Å²) in [4.78, 5) is 18.8. The number of aromatic amines is 1. The summed E-state index contributed by atoms with van der Waals surface area (Å²) in [5, 5.41) is 16.6. The third-order valence-corrected chi connectivity index (χ3v) is 5.25. The van der Waals surface area contributed by atoms with Gasteiger partial charge in [-0.3, -0.25) is 9.69 Å². The predicted molar refractivity (Wildman–Crippen MR) is 100 cm³/mol. The van der Waals surface area contributed by atoms with Crippen LogP contribution in [-0.4, -0.2) is 21.0 Å². The average molecular weight is 360 g/mol. The van der Waals surface area contributed by atoms with E-state index in [9.17, 15) is 10.1 Å². The first kappa shape index (κ1) is 17.0. The minimum Gasteiger partial charge on any atom is -0.384 e. The summed E-state index contributed by atoms with van der Waals surface area (Å²) in [7, 11) is 0. The van der Waals surface area contributed by atoms with Crippen LogP contribution < -0.4 is 10.6 Å². The molecule has 1 aliphatic carbocycles. The van der Waals surface area contributed by atoms with E-state index in [4.69, 9.17) is 5.73 Å². The van der Waals surface area contributed by atoms with Crippen molar-refractivity contribution in [3.05, 3.63) is 64.4 Å². The molecule has 4 rings (SSSR count). The molecule has 0 fully saturated rings. The average Bonchev–Trinajstić information content (AvgIpc) is 3.21. The highest BCUT2D eigenvalue weighted by atomic mass is 16.1. The maximum Gasteiger partial charge on any atom is 0.231 e. The van der Waals surface area contributed by atoms with E-state index in [-0.39, 0.29) is 5.78 Å². The van der Waals surface area contributed by atoms with E-state index >= 15 is 0 Å². The van der Waals surface area contributed by atoms with E-state index in [0.29, 0.717) is 35.8 Å². The normalized spacial score (nSPS) is 19.9. The highest BCUT2D eigenvalue weighted by Gasteiger charge is 2.40. The van der Waals surface area contributed by atoms with Crippen LogP contribution >= 0.6 is 0 Å². The highest BCUT2D eigenvalue weighted by Crippen LogP contribution is 2.45. The summed E-state index contributed by atoms with van der Waals surface area (Å²) < 4.78 is 0. The first-order valence-electron chi connectivity index (χ1n) is 9.06. The molecule has 1 aliphatic heterocycles. The first-order chi connectivity index (χ1) is 13.2. The van der Waals surface area contributed by atoms with E-state index in [2.05, 4.69) is 28.2 Å². The molecule has 0 bridgehead atoms. The van der Waals surface area contributed by atoms with Crippen LogP contribution in [0.1, 0.15) is 43.2 Å². The van der Waals surface area contributed by atoms with Crippen LogP contribution in [0.4, 0.5) is 5.95 Å². The quantitative estimate of drug-likeness (QED) is 0.870. The molecule has 0 spiro atoms. The van der Waals surface area contributed by atoms with Gasteiger partial charge >= 0.3 is 0 Å². The molecule has 0 amide bonds. The fourth-order valence-corrected chi connectivity index (χ4v) is 3.91. The van der Waals surface area contributed by atoms with Gasteiger partial charge in [-0.1, -0.05) is 31.2 Å². The van der Waals surface area contributed by atoms with Gasteiger partial charge in [-0.15, -0.1) is 0 Å². The summed E-state index contributed by atoms with van der Waals surface area (Å²) in [6.07, 6.45) is 4.24. The Bertz CT molecular complexity index is 978. The second-order valence-corrected chi connectivity index (χ2v) is 6.72. The second-order valence-electron chi connectivity index (χ2n) is 6.72. The van der Waals surface area contributed by atoms with Crippen molar-refractivity contribution in [2.45, 2.75) is 38.5 Å². The van der Waals surface area contributed by atoms with E-state index in [1.165, 1.54) is 11.9 Å². The van der Waals surface area contributed by atoms with Crippen LogP contribution in [0.25, 0.3) is 0 Å². The van der Waals surface area contributed by atoms with Crippen molar-refractivity contribution in [3.8, 4) is 6.07 Å². The summed E-state index contributed by atoms with van der Waals surface area (Å²) in [5.41, 5.74) is 10.3. The summed E-state index contributed by atoms with van der Waals surface area (Å²) >= 11 is 0. The van der Waals surface area contributed by atoms with Gasteiger partial charge in [0.25, 0.3) is 0 Å². The summed E-state index contributed by atoms with van der Waals surface area (Å²) in [6, 6.07) is 10.3. The minimum absolute atomic E-state index is 0.0607. The molecule has 0 saturated carbocycles. The van der Waals surface area contributed by atoms with E-state index in [0.717, 1.165) is 24.1 Å². The van der Waals surface area contributed by atoms with Gasteiger partial charge in [0.05, 0.1) is 17.6 Å². The lowest BCUT2D eigenvalue weighted by atomic mass is 9.75. The Balaban J connectivity index is 1.93. The van der Waals surface area contributed by atoms with E-state index < -0.39 is 5.92 Å². The summed E-state index contributed by atoms with van der Waals surface area (Å²) in [6.45, 7) is 2.09. The number of nitriles is 1. The minimum atomic E-state index is -0.442. The number of nitrogens with two attached hydrogens (primary N) is 1. The van der Waals surface area contributed by atoms with Gasteiger partial charge < -0.3 is 5.73 Å². The Morgan fingerprint density at radius 1 is 1.33 bits per heavy atom. The molecule has 0 saturated heterocycles. The Morgan fingerprint density at radius 2 is 2.11 bits per heavy atom. The molecule has 1 unspecified atom stereocenters. The highest BCUT2D eigenvalue weighted by molar-refractivity contribution is 6.01. The van der Waals surface area contributed by atoms with Crippen molar-refractivity contribution in [1.29, 1.82) is 5.26 Å². The molecule has 1 aromatic heterocycles.